The highest BCUT2D eigenvalue weighted by molar-refractivity contribution is 7.13. The number of rotatable bonds is 4. The number of nitrogens with two attached hydrogens (primary N) is 1. The third-order valence-electron chi connectivity index (χ3n) is 1.08. The van der Waals surface area contributed by atoms with Gasteiger partial charge in [0, 0.05) is 17.6 Å². The molecule has 0 radical (unpaired) electrons. The molecule has 1 heterocycles. The van der Waals surface area contributed by atoms with E-state index in [4.69, 9.17) is 10.6 Å². The second-order valence-corrected chi connectivity index (χ2v) is 2.98. The Balaban J connectivity index is 2.51. The Labute approximate surface area is 69.4 Å². The zero-order valence-electron chi connectivity index (χ0n) is 6.33. The van der Waals surface area contributed by atoms with Crippen LogP contribution in [-0.4, -0.2) is 11.6 Å². The summed E-state index contributed by atoms with van der Waals surface area (Å²) in [7, 11) is 0. The number of nitrogens with zero attached hydrogens (tertiary/aromatic N) is 1. The molecule has 11 heavy (non-hydrogen) atoms. The molecule has 5 heteroatoms. The van der Waals surface area contributed by atoms with Gasteiger partial charge < -0.3 is 4.74 Å². The fraction of sp³-hybridized carbons (Fsp3) is 0.500. The molecule has 0 atom stereocenters. The van der Waals surface area contributed by atoms with E-state index in [9.17, 15) is 0 Å². The maximum Gasteiger partial charge on any atom is 0.273 e. The largest absolute Gasteiger partial charge is 0.470 e. The van der Waals surface area contributed by atoms with E-state index in [2.05, 4.69) is 10.4 Å². The van der Waals surface area contributed by atoms with E-state index in [1.165, 1.54) is 11.3 Å². The van der Waals surface area contributed by atoms with Crippen LogP contribution in [0.4, 0.5) is 0 Å². The Morgan fingerprint density at radius 1 is 1.82 bits per heavy atom. The average Bonchev–Trinajstić information content (AvgIpc) is 2.38. The molecule has 1 aromatic rings. The van der Waals surface area contributed by atoms with E-state index in [1.54, 1.807) is 6.20 Å². The number of hydrogen-bond acceptors (Lipinski definition) is 5. The SMILES string of the molecule is CCOc1ncc(CNN)s1. The van der Waals surface area contributed by atoms with E-state index in [0.717, 1.165) is 4.88 Å². The van der Waals surface area contributed by atoms with Crippen molar-refractivity contribution in [2.24, 2.45) is 5.84 Å². The van der Waals surface area contributed by atoms with Gasteiger partial charge in [0.2, 0.25) is 0 Å². The lowest BCUT2D eigenvalue weighted by molar-refractivity contribution is 0.338. The normalized spacial score (nSPS) is 10.0. The number of ether oxygens (including phenoxy) is 1. The first kappa shape index (κ1) is 8.45. The van der Waals surface area contributed by atoms with E-state index in [1.807, 2.05) is 6.92 Å². The van der Waals surface area contributed by atoms with Gasteiger partial charge in [0.15, 0.2) is 0 Å². The summed E-state index contributed by atoms with van der Waals surface area (Å²) in [4.78, 5) is 5.10. The molecule has 0 saturated carbocycles. The molecule has 0 saturated heterocycles. The molecule has 0 aliphatic rings. The number of hydrogen-bond donors (Lipinski definition) is 2. The van der Waals surface area contributed by atoms with Gasteiger partial charge in [-0.3, -0.25) is 11.3 Å². The van der Waals surface area contributed by atoms with Crippen LogP contribution in [0.2, 0.25) is 0 Å². The first-order valence-corrected chi connectivity index (χ1v) is 4.19. The van der Waals surface area contributed by atoms with E-state index >= 15 is 0 Å². The van der Waals surface area contributed by atoms with Crippen LogP contribution in [0.3, 0.4) is 0 Å². The monoisotopic (exact) mass is 173 g/mol. The number of nitrogens with one attached hydrogen (secondary N) is 1. The molecule has 1 rings (SSSR count). The van der Waals surface area contributed by atoms with Crippen molar-refractivity contribution >= 4 is 11.3 Å². The van der Waals surface area contributed by atoms with Crippen LogP contribution in [0.1, 0.15) is 11.8 Å². The summed E-state index contributed by atoms with van der Waals surface area (Å²) in [6.45, 7) is 3.23. The molecule has 0 fully saturated rings. The summed E-state index contributed by atoms with van der Waals surface area (Å²) in [5.41, 5.74) is 2.55. The van der Waals surface area contributed by atoms with Gasteiger partial charge >= 0.3 is 0 Å². The topological polar surface area (TPSA) is 60.2 Å². The standard InChI is InChI=1S/C6H11N3OS/c1-2-10-6-8-3-5(11-6)4-9-7/h3,9H,2,4,7H2,1H3. The molecule has 0 aliphatic heterocycles. The summed E-state index contributed by atoms with van der Waals surface area (Å²) < 4.78 is 5.17. The molecule has 0 bridgehead atoms. The van der Waals surface area contributed by atoms with Crippen LogP contribution in [0.25, 0.3) is 0 Å². The second kappa shape index (κ2) is 4.27. The maximum atomic E-state index is 5.17. The molecule has 3 N–H and O–H groups in total. The van der Waals surface area contributed by atoms with Crippen LogP contribution in [0.5, 0.6) is 5.19 Å². The second-order valence-electron chi connectivity index (χ2n) is 1.91. The van der Waals surface area contributed by atoms with Gasteiger partial charge in [0.25, 0.3) is 5.19 Å². The third-order valence-corrected chi connectivity index (χ3v) is 1.99. The highest BCUT2D eigenvalue weighted by Crippen LogP contribution is 2.19. The quantitative estimate of drug-likeness (QED) is 0.514. The van der Waals surface area contributed by atoms with Crippen LogP contribution in [0.15, 0.2) is 6.20 Å². The van der Waals surface area contributed by atoms with Crippen LogP contribution in [-0.2, 0) is 6.54 Å². The lowest BCUT2D eigenvalue weighted by Gasteiger charge is -1.93. The van der Waals surface area contributed by atoms with Gasteiger partial charge in [-0.2, -0.15) is 0 Å². The predicted octanol–water partition coefficient (Wildman–Crippen LogP) is 0.505. The van der Waals surface area contributed by atoms with E-state index < -0.39 is 0 Å². The van der Waals surface area contributed by atoms with Crippen LogP contribution in [0, 0.1) is 0 Å². The summed E-state index contributed by atoms with van der Waals surface area (Å²) >= 11 is 1.51. The third kappa shape index (κ3) is 2.45. The smallest absolute Gasteiger partial charge is 0.273 e. The molecular formula is C6H11N3OS. The Morgan fingerprint density at radius 2 is 2.64 bits per heavy atom. The van der Waals surface area contributed by atoms with Gasteiger partial charge in [0.1, 0.15) is 0 Å². The van der Waals surface area contributed by atoms with Gasteiger partial charge in [-0.15, -0.1) is 0 Å². The van der Waals surface area contributed by atoms with E-state index in [-0.39, 0.29) is 0 Å². The molecule has 0 aromatic carbocycles. The van der Waals surface area contributed by atoms with Crippen molar-refractivity contribution in [2.45, 2.75) is 13.5 Å². The van der Waals surface area contributed by atoms with Gasteiger partial charge in [-0.25, -0.2) is 4.98 Å². The Bertz CT molecular complexity index is 193. The average molecular weight is 173 g/mol. The lowest BCUT2D eigenvalue weighted by Crippen LogP contribution is -2.19. The summed E-state index contributed by atoms with van der Waals surface area (Å²) in [5, 5.41) is 0.706. The van der Waals surface area contributed by atoms with Gasteiger partial charge in [0.05, 0.1) is 6.61 Å². The molecule has 0 unspecified atom stereocenters. The molecule has 62 valence electrons. The summed E-state index contributed by atoms with van der Waals surface area (Å²) in [5.74, 6) is 5.13. The first-order valence-electron chi connectivity index (χ1n) is 3.37. The minimum Gasteiger partial charge on any atom is -0.470 e. The van der Waals surface area contributed by atoms with Crippen molar-refractivity contribution in [1.29, 1.82) is 0 Å². The van der Waals surface area contributed by atoms with Crippen LogP contribution >= 0.6 is 11.3 Å². The minimum absolute atomic E-state index is 0.644. The van der Waals surface area contributed by atoms with Crippen molar-refractivity contribution in [2.75, 3.05) is 6.61 Å². The number of aromatic nitrogens is 1. The fourth-order valence-electron chi connectivity index (χ4n) is 0.662. The zero-order chi connectivity index (χ0) is 8.10. The molecule has 0 aliphatic carbocycles. The molecule has 0 amide bonds. The van der Waals surface area contributed by atoms with Crippen molar-refractivity contribution in [1.82, 2.24) is 10.4 Å². The number of hydrazine groups is 1. The summed E-state index contributed by atoms with van der Waals surface area (Å²) in [6.07, 6.45) is 1.76. The van der Waals surface area contributed by atoms with E-state index in [0.29, 0.717) is 18.3 Å². The van der Waals surface area contributed by atoms with Crippen molar-refractivity contribution < 1.29 is 4.74 Å². The Kier molecular flexibility index (Phi) is 3.28. The fourth-order valence-corrected chi connectivity index (χ4v) is 1.43. The molecular weight excluding hydrogens is 162 g/mol. The summed E-state index contributed by atoms with van der Waals surface area (Å²) in [6, 6.07) is 0. The highest BCUT2D eigenvalue weighted by Gasteiger charge is 1.99. The maximum absolute atomic E-state index is 5.17. The lowest BCUT2D eigenvalue weighted by atomic mass is 10.6. The molecule has 0 spiro atoms. The van der Waals surface area contributed by atoms with Gasteiger partial charge in [-0.05, 0) is 6.92 Å². The predicted molar refractivity (Wildman–Crippen MR) is 44.3 cm³/mol. The Morgan fingerprint density at radius 3 is 3.27 bits per heavy atom. The Hall–Kier alpha value is -0.650. The van der Waals surface area contributed by atoms with Gasteiger partial charge in [-0.1, -0.05) is 11.3 Å². The first-order chi connectivity index (χ1) is 5.36. The number of thiazole rings is 1. The molecule has 4 nitrogen and oxygen atoms in total. The van der Waals surface area contributed by atoms with Crippen LogP contribution < -0.4 is 16.0 Å². The molecule has 1 aromatic heterocycles. The highest BCUT2D eigenvalue weighted by atomic mass is 32.1. The zero-order valence-corrected chi connectivity index (χ0v) is 7.15. The minimum atomic E-state index is 0.644. The van der Waals surface area contributed by atoms with Crippen molar-refractivity contribution in [3.8, 4) is 5.19 Å². The van der Waals surface area contributed by atoms with Crippen molar-refractivity contribution in [3.05, 3.63) is 11.1 Å². The van der Waals surface area contributed by atoms with Crippen molar-refractivity contribution in [3.63, 3.8) is 0 Å².